The number of likely N-dealkylation sites (N-methyl/N-ethyl adjacent to an activating group) is 1. The fraction of sp³-hybridized carbons (Fsp3) is 0.357. The van der Waals surface area contributed by atoms with Crippen molar-refractivity contribution in [3.05, 3.63) is 52.2 Å². The lowest BCUT2D eigenvalue weighted by Gasteiger charge is -2.28. The summed E-state index contributed by atoms with van der Waals surface area (Å²) in [5.41, 5.74) is 0.913. The lowest BCUT2D eigenvalue weighted by molar-refractivity contribution is 0.371. The van der Waals surface area contributed by atoms with E-state index in [1.165, 1.54) is 12.1 Å². The Hall–Kier alpha value is -1.26. The topological polar surface area (TPSA) is 24.9 Å². The van der Waals surface area contributed by atoms with Crippen molar-refractivity contribution in [3.8, 4) is 0 Å². The van der Waals surface area contributed by atoms with Gasteiger partial charge in [0.25, 0.3) is 0 Å². The summed E-state index contributed by atoms with van der Waals surface area (Å²) in [6.45, 7) is 5.09. The van der Waals surface area contributed by atoms with Crippen LogP contribution in [-0.2, 0) is 12.0 Å². The van der Waals surface area contributed by atoms with E-state index in [2.05, 4.69) is 24.1 Å². The van der Waals surface area contributed by atoms with Gasteiger partial charge in [-0.1, -0.05) is 19.1 Å². The number of thiazole rings is 1. The maximum atomic E-state index is 12.9. The summed E-state index contributed by atoms with van der Waals surface area (Å²) in [5.74, 6) is -0.196. The average Bonchev–Trinajstić information content (AvgIpc) is 2.87. The molecule has 1 aromatic carbocycles. The summed E-state index contributed by atoms with van der Waals surface area (Å²) in [6, 6.07) is 6.67. The molecular formula is C14H17FN2S. The molecule has 18 heavy (non-hydrogen) atoms. The monoisotopic (exact) mass is 264 g/mol. The first kappa shape index (κ1) is 13.2. The second kappa shape index (κ2) is 5.59. The molecule has 0 saturated heterocycles. The van der Waals surface area contributed by atoms with E-state index in [-0.39, 0.29) is 11.4 Å². The number of hydrogen-bond acceptors (Lipinski definition) is 3. The zero-order valence-electron chi connectivity index (χ0n) is 10.6. The quantitative estimate of drug-likeness (QED) is 0.896. The maximum absolute atomic E-state index is 12.9. The van der Waals surface area contributed by atoms with Crippen molar-refractivity contribution < 1.29 is 4.39 Å². The van der Waals surface area contributed by atoms with Crippen molar-refractivity contribution in [2.24, 2.45) is 0 Å². The normalized spacial score (nSPS) is 14.4. The Bertz CT molecular complexity index is 481. The highest BCUT2D eigenvalue weighted by Gasteiger charge is 2.28. The van der Waals surface area contributed by atoms with Gasteiger partial charge in [0, 0.05) is 11.6 Å². The van der Waals surface area contributed by atoms with E-state index >= 15 is 0 Å². The van der Waals surface area contributed by atoms with Crippen molar-refractivity contribution in [1.82, 2.24) is 10.3 Å². The van der Waals surface area contributed by atoms with Crippen LogP contribution in [0.5, 0.6) is 0 Å². The molecule has 0 bridgehead atoms. The van der Waals surface area contributed by atoms with E-state index < -0.39 is 0 Å². The predicted molar refractivity (Wildman–Crippen MR) is 73.2 cm³/mol. The molecule has 0 aliphatic carbocycles. The third kappa shape index (κ3) is 2.94. The summed E-state index contributed by atoms with van der Waals surface area (Å²) < 4.78 is 12.9. The first-order valence-electron chi connectivity index (χ1n) is 6.03. The molecule has 1 N–H and O–H groups in total. The van der Waals surface area contributed by atoms with E-state index in [1.807, 2.05) is 23.7 Å². The van der Waals surface area contributed by atoms with Gasteiger partial charge in [-0.25, -0.2) is 9.37 Å². The van der Waals surface area contributed by atoms with Gasteiger partial charge in [0.05, 0.1) is 5.54 Å². The van der Waals surface area contributed by atoms with Gasteiger partial charge in [-0.15, -0.1) is 11.3 Å². The van der Waals surface area contributed by atoms with Gasteiger partial charge in [0.2, 0.25) is 0 Å². The molecule has 0 spiro atoms. The van der Waals surface area contributed by atoms with E-state index in [9.17, 15) is 4.39 Å². The SMILES string of the molecule is CCNC(C)(Cc1ccc(F)cc1)c1nccs1. The highest BCUT2D eigenvalue weighted by molar-refractivity contribution is 7.09. The molecule has 4 heteroatoms. The van der Waals surface area contributed by atoms with Gasteiger partial charge in [-0.05, 0) is 37.6 Å². The Morgan fingerprint density at radius 2 is 2.06 bits per heavy atom. The molecule has 1 aromatic heterocycles. The molecule has 2 aromatic rings. The maximum Gasteiger partial charge on any atom is 0.123 e. The second-order valence-electron chi connectivity index (χ2n) is 4.50. The first-order chi connectivity index (χ1) is 8.64. The van der Waals surface area contributed by atoms with Crippen LogP contribution in [0.4, 0.5) is 4.39 Å². The number of hydrogen-bond donors (Lipinski definition) is 1. The molecule has 1 unspecified atom stereocenters. The third-order valence-electron chi connectivity index (χ3n) is 2.94. The van der Waals surface area contributed by atoms with Crippen molar-refractivity contribution in [3.63, 3.8) is 0 Å². The van der Waals surface area contributed by atoms with Gasteiger partial charge >= 0.3 is 0 Å². The van der Waals surface area contributed by atoms with Crippen LogP contribution in [0.15, 0.2) is 35.8 Å². The van der Waals surface area contributed by atoms with Crippen LogP contribution >= 0.6 is 11.3 Å². The number of rotatable bonds is 5. The number of benzene rings is 1. The molecule has 0 saturated carbocycles. The van der Waals surface area contributed by atoms with Crippen LogP contribution in [0.2, 0.25) is 0 Å². The Kier molecular flexibility index (Phi) is 4.09. The van der Waals surface area contributed by atoms with E-state index in [0.717, 1.165) is 23.5 Å². The fourth-order valence-corrected chi connectivity index (χ4v) is 2.89. The molecule has 0 aliphatic heterocycles. The first-order valence-corrected chi connectivity index (χ1v) is 6.91. The van der Waals surface area contributed by atoms with Gasteiger partial charge in [-0.3, -0.25) is 0 Å². The van der Waals surface area contributed by atoms with Crippen LogP contribution in [0, 0.1) is 5.82 Å². The Morgan fingerprint density at radius 1 is 1.33 bits per heavy atom. The predicted octanol–water partition coefficient (Wildman–Crippen LogP) is 3.35. The van der Waals surface area contributed by atoms with Crippen molar-refractivity contribution in [2.75, 3.05) is 6.54 Å². The molecule has 1 heterocycles. The van der Waals surface area contributed by atoms with Crippen LogP contribution < -0.4 is 5.32 Å². The van der Waals surface area contributed by atoms with Gasteiger partial charge in [0.15, 0.2) is 0 Å². The third-order valence-corrected chi connectivity index (χ3v) is 3.98. The van der Waals surface area contributed by atoms with Crippen molar-refractivity contribution >= 4 is 11.3 Å². The summed E-state index contributed by atoms with van der Waals surface area (Å²) in [5, 5.41) is 6.52. The smallest absolute Gasteiger partial charge is 0.123 e. The summed E-state index contributed by atoms with van der Waals surface area (Å²) in [4.78, 5) is 4.40. The lowest BCUT2D eigenvalue weighted by Crippen LogP contribution is -2.41. The highest BCUT2D eigenvalue weighted by Crippen LogP contribution is 2.27. The minimum absolute atomic E-state index is 0.194. The minimum Gasteiger partial charge on any atom is -0.306 e. The fourth-order valence-electron chi connectivity index (χ4n) is 2.11. The van der Waals surface area contributed by atoms with E-state index in [4.69, 9.17) is 0 Å². The van der Waals surface area contributed by atoms with Gasteiger partial charge in [-0.2, -0.15) is 0 Å². The molecular weight excluding hydrogens is 247 g/mol. The number of nitrogens with one attached hydrogen (secondary N) is 1. The van der Waals surface area contributed by atoms with Crippen molar-refractivity contribution in [1.29, 1.82) is 0 Å². The van der Waals surface area contributed by atoms with Gasteiger partial charge in [0.1, 0.15) is 10.8 Å². The van der Waals surface area contributed by atoms with Crippen LogP contribution in [-0.4, -0.2) is 11.5 Å². The van der Waals surface area contributed by atoms with Gasteiger partial charge < -0.3 is 5.32 Å². The molecule has 0 amide bonds. The van der Waals surface area contributed by atoms with Crippen LogP contribution in [0.1, 0.15) is 24.4 Å². The molecule has 0 radical (unpaired) electrons. The van der Waals surface area contributed by atoms with Crippen LogP contribution in [0.3, 0.4) is 0 Å². The minimum atomic E-state index is -0.196. The molecule has 0 aliphatic rings. The Morgan fingerprint density at radius 3 is 2.61 bits per heavy atom. The van der Waals surface area contributed by atoms with Crippen LogP contribution in [0.25, 0.3) is 0 Å². The zero-order chi connectivity index (χ0) is 13.0. The van der Waals surface area contributed by atoms with E-state index in [1.54, 1.807) is 11.3 Å². The largest absolute Gasteiger partial charge is 0.306 e. The summed E-state index contributed by atoms with van der Waals surface area (Å²) in [7, 11) is 0. The number of halogens is 1. The lowest BCUT2D eigenvalue weighted by atomic mass is 9.93. The molecule has 2 rings (SSSR count). The Balaban J connectivity index is 2.23. The number of nitrogens with zero attached hydrogens (tertiary/aromatic N) is 1. The molecule has 2 nitrogen and oxygen atoms in total. The Labute approximate surface area is 111 Å². The highest BCUT2D eigenvalue weighted by atomic mass is 32.1. The zero-order valence-corrected chi connectivity index (χ0v) is 11.4. The summed E-state index contributed by atoms with van der Waals surface area (Å²) >= 11 is 1.64. The standard InChI is InChI=1S/C14H17FN2S/c1-3-17-14(2,13-16-8-9-18-13)10-11-4-6-12(15)7-5-11/h4-9,17H,3,10H2,1-2H3. The van der Waals surface area contributed by atoms with Crippen molar-refractivity contribution in [2.45, 2.75) is 25.8 Å². The summed E-state index contributed by atoms with van der Waals surface area (Å²) in [6.07, 6.45) is 2.62. The molecule has 0 fully saturated rings. The van der Waals surface area contributed by atoms with E-state index in [0.29, 0.717) is 0 Å². The number of aromatic nitrogens is 1. The molecule has 96 valence electrons. The average molecular weight is 264 g/mol. The molecule has 1 atom stereocenters. The second-order valence-corrected chi connectivity index (χ2v) is 5.40.